The molecule has 14 atom stereocenters. The lowest BCUT2D eigenvalue weighted by Crippen LogP contribution is -2.67. The van der Waals surface area contributed by atoms with Crippen molar-refractivity contribution in [3.05, 3.63) is 11.1 Å². The molecule has 5 rings (SSSR count). The van der Waals surface area contributed by atoms with Gasteiger partial charge in [0, 0.05) is 24.2 Å². The molecule has 1 saturated heterocycles. The third-order valence-electron chi connectivity index (χ3n) is 14.9. The number of Topliss-reactive ketones (excluding diaryl/α,β-unsaturated/α-hetero) is 1. The minimum absolute atomic E-state index is 0.00851. The summed E-state index contributed by atoms with van der Waals surface area (Å²) >= 11 is 0. The number of aliphatic carboxylic acids is 1. The number of hydrogen-bond donors (Lipinski definition) is 5. The van der Waals surface area contributed by atoms with E-state index in [-0.39, 0.29) is 30.0 Å². The minimum atomic E-state index is -1.61. The van der Waals surface area contributed by atoms with Gasteiger partial charge in [-0.3, -0.25) is 14.4 Å². The first-order chi connectivity index (χ1) is 22.5. The van der Waals surface area contributed by atoms with Gasteiger partial charge in [0.05, 0.1) is 12.5 Å². The van der Waals surface area contributed by atoms with E-state index in [1.165, 1.54) is 18.1 Å². The Morgan fingerprint density at radius 3 is 2.14 bits per heavy atom. The van der Waals surface area contributed by atoms with Gasteiger partial charge in [-0.2, -0.15) is 0 Å². The van der Waals surface area contributed by atoms with Crippen molar-refractivity contribution in [2.24, 2.45) is 50.7 Å². The Morgan fingerprint density at radius 2 is 1.59 bits per heavy atom. The fourth-order valence-electron chi connectivity index (χ4n) is 11.8. The lowest BCUT2D eigenvalue weighted by atomic mass is 9.36. The predicted molar refractivity (Wildman–Crippen MR) is 179 cm³/mol. The molecular formula is C38H60O11. The first-order valence-corrected chi connectivity index (χ1v) is 18.2. The topological polar surface area (TPSA) is 180 Å². The fraction of sp³-hybridized carbons (Fsp3) is 0.868. The Kier molecular flexibility index (Phi) is 9.90. The van der Waals surface area contributed by atoms with E-state index < -0.39 is 94.5 Å². The van der Waals surface area contributed by atoms with Gasteiger partial charge in [0.1, 0.15) is 42.4 Å². The number of carbonyl (C=O) groups is 3. The standard InChI is InChI=1S/C38H60O11/c1-18(2)19(3)38(10)26(41)16-37(9)22-11-12-25-34(5,6)31(49-33-29(44)28(43)27(42)24(17-39)48-33)23(47-20(4)40)15-35(25,7)21(22)13-14-36(37,8)30(38)32(45)46/h18-19,23-25,27-31,33,39,42-44H,11-17H2,1-10H3,(H,45,46)/t19-,23-,24-,25+,27-,28+,29-,30+,31+,33+,35-,36+,37-,38+/m1/s1. The van der Waals surface area contributed by atoms with Gasteiger partial charge in [-0.15, -0.1) is 0 Å². The number of carboxylic acids is 1. The van der Waals surface area contributed by atoms with Crippen molar-refractivity contribution >= 4 is 17.7 Å². The van der Waals surface area contributed by atoms with Crippen LogP contribution in [0.3, 0.4) is 0 Å². The van der Waals surface area contributed by atoms with Crippen molar-refractivity contribution in [3.8, 4) is 0 Å². The highest BCUT2D eigenvalue weighted by Gasteiger charge is 2.71. The SMILES string of the molecule is CC(=O)O[C@@H]1C[C@]2(C)C3=C(CC[C@H]2C(C)(C)[C@H]1O[C@@H]1O[C@H](CO)[C@@H](O)[C@H](O)[C@H]1O)[C@@]1(C)CC(=O)[C@](C)([C@H](C)C(C)C)[C@@H](C(=O)O)[C@]1(C)CC3. The van der Waals surface area contributed by atoms with Crippen molar-refractivity contribution in [1.29, 1.82) is 0 Å². The number of aliphatic hydroxyl groups is 4. The second-order valence-electron chi connectivity index (χ2n) is 17.8. The third kappa shape index (κ3) is 5.47. The maximum absolute atomic E-state index is 14.4. The van der Waals surface area contributed by atoms with Crippen LogP contribution >= 0.6 is 0 Å². The van der Waals surface area contributed by atoms with Crippen molar-refractivity contribution in [2.45, 2.75) is 151 Å². The van der Waals surface area contributed by atoms with E-state index in [0.717, 1.165) is 6.42 Å². The maximum atomic E-state index is 14.4. The van der Waals surface area contributed by atoms with Crippen LogP contribution in [0.15, 0.2) is 11.1 Å². The summed E-state index contributed by atoms with van der Waals surface area (Å²) in [6.45, 7) is 19.3. The number of carbonyl (C=O) groups excluding carboxylic acids is 2. The van der Waals surface area contributed by atoms with Gasteiger partial charge in [-0.1, -0.05) is 73.5 Å². The summed E-state index contributed by atoms with van der Waals surface area (Å²) in [4.78, 5) is 40.3. The predicted octanol–water partition coefficient (Wildman–Crippen LogP) is 4.02. The number of allylic oxidation sites excluding steroid dienone is 2. The molecular weight excluding hydrogens is 632 g/mol. The van der Waals surface area contributed by atoms with Crippen LogP contribution in [-0.2, 0) is 28.6 Å². The molecule has 0 amide bonds. The molecule has 0 spiro atoms. The number of hydrogen-bond acceptors (Lipinski definition) is 10. The summed E-state index contributed by atoms with van der Waals surface area (Å²) in [6.07, 6.45) is -5.48. The molecule has 1 heterocycles. The first-order valence-electron chi connectivity index (χ1n) is 18.2. The lowest BCUT2D eigenvalue weighted by Gasteiger charge is -2.67. The molecule has 0 aromatic rings. The van der Waals surface area contributed by atoms with Gasteiger partial charge < -0.3 is 39.7 Å². The van der Waals surface area contributed by atoms with Crippen LogP contribution in [0.1, 0.15) is 108 Å². The zero-order valence-electron chi connectivity index (χ0n) is 31.0. The van der Waals surface area contributed by atoms with Gasteiger partial charge in [0.25, 0.3) is 0 Å². The Morgan fingerprint density at radius 1 is 0.959 bits per heavy atom. The average Bonchev–Trinajstić information content (AvgIpc) is 2.99. The van der Waals surface area contributed by atoms with E-state index in [1.54, 1.807) is 0 Å². The zero-order valence-corrected chi connectivity index (χ0v) is 31.0. The molecule has 1 aliphatic heterocycles. The second kappa shape index (κ2) is 12.7. The summed E-state index contributed by atoms with van der Waals surface area (Å²) < 4.78 is 18.2. The number of fused-ring (bicyclic) bond motifs is 4. The third-order valence-corrected chi connectivity index (χ3v) is 14.9. The van der Waals surface area contributed by atoms with Crippen LogP contribution in [-0.4, -0.2) is 92.8 Å². The van der Waals surface area contributed by atoms with E-state index in [1.807, 2.05) is 27.7 Å². The normalized spacial score (nSPS) is 47.2. The van der Waals surface area contributed by atoms with Crippen LogP contribution in [0.2, 0.25) is 0 Å². The molecule has 0 unspecified atom stereocenters. The van der Waals surface area contributed by atoms with Gasteiger partial charge >= 0.3 is 11.9 Å². The van der Waals surface area contributed by atoms with Crippen LogP contribution in [0.5, 0.6) is 0 Å². The molecule has 5 N–H and O–H groups in total. The van der Waals surface area contributed by atoms with Crippen molar-refractivity contribution in [3.63, 3.8) is 0 Å². The highest BCUT2D eigenvalue weighted by atomic mass is 16.7. The zero-order chi connectivity index (χ0) is 36.8. The molecule has 3 fully saturated rings. The summed E-state index contributed by atoms with van der Waals surface area (Å²) in [5.74, 6) is -2.23. The maximum Gasteiger partial charge on any atom is 0.308 e. The largest absolute Gasteiger partial charge is 0.481 e. The minimum Gasteiger partial charge on any atom is -0.481 e. The highest BCUT2D eigenvalue weighted by Crippen LogP contribution is 2.73. The summed E-state index contributed by atoms with van der Waals surface area (Å²) in [6, 6.07) is 0. The van der Waals surface area contributed by atoms with Crippen LogP contribution in [0, 0.1) is 50.7 Å². The fourth-order valence-corrected chi connectivity index (χ4v) is 11.8. The van der Waals surface area contributed by atoms with Crippen LogP contribution < -0.4 is 0 Å². The molecule has 0 bridgehead atoms. The summed E-state index contributed by atoms with van der Waals surface area (Å²) in [5.41, 5.74) is -1.10. The average molecular weight is 693 g/mol. The summed E-state index contributed by atoms with van der Waals surface area (Å²) in [5, 5.41) is 52.3. The Balaban J connectivity index is 1.57. The van der Waals surface area contributed by atoms with E-state index >= 15 is 0 Å². The molecule has 0 aromatic heterocycles. The number of rotatable bonds is 7. The molecule has 4 aliphatic carbocycles. The van der Waals surface area contributed by atoms with Gasteiger partial charge in [-0.05, 0) is 66.1 Å². The van der Waals surface area contributed by atoms with E-state index in [9.17, 15) is 39.9 Å². The first kappa shape index (κ1) is 38.3. The quantitative estimate of drug-likeness (QED) is 0.192. The number of carboxylic acid groups (broad SMARTS) is 1. The Bertz CT molecular complexity index is 1370. The van der Waals surface area contributed by atoms with Crippen LogP contribution in [0.4, 0.5) is 0 Å². The summed E-state index contributed by atoms with van der Waals surface area (Å²) in [7, 11) is 0. The molecule has 11 heteroatoms. The van der Waals surface area contributed by atoms with E-state index in [2.05, 4.69) is 34.6 Å². The number of ether oxygens (including phenoxy) is 3. The highest BCUT2D eigenvalue weighted by molar-refractivity contribution is 5.93. The molecule has 11 nitrogen and oxygen atoms in total. The molecule has 0 radical (unpaired) electrons. The molecule has 49 heavy (non-hydrogen) atoms. The second-order valence-corrected chi connectivity index (χ2v) is 17.8. The monoisotopic (exact) mass is 692 g/mol. The Hall–Kier alpha value is -1.89. The van der Waals surface area contributed by atoms with Gasteiger partial charge in [0.2, 0.25) is 0 Å². The Labute approximate surface area is 290 Å². The smallest absolute Gasteiger partial charge is 0.308 e. The molecule has 2 saturated carbocycles. The molecule has 0 aromatic carbocycles. The van der Waals surface area contributed by atoms with Crippen molar-refractivity contribution in [1.82, 2.24) is 0 Å². The molecule has 278 valence electrons. The number of ketones is 1. The lowest BCUT2D eigenvalue weighted by molar-refractivity contribution is -0.336. The van der Waals surface area contributed by atoms with Gasteiger partial charge in [0.15, 0.2) is 6.29 Å². The van der Waals surface area contributed by atoms with E-state index in [4.69, 9.17) is 14.2 Å². The van der Waals surface area contributed by atoms with Gasteiger partial charge in [-0.25, -0.2) is 0 Å². The van der Waals surface area contributed by atoms with Crippen molar-refractivity contribution in [2.75, 3.05) is 6.61 Å². The number of esters is 1. The molecule has 5 aliphatic rings. The number of aliphatic hydroxyl groups excluding tert-OH is 4. The van der Waals surface area contributed by atoms with Crippen LogP contribution in [0.25, 0.3) is 0 Å². The van der Waals surface area contributed by atoms with Crippen molar-refractivity contribution < 1.29 is 54.1 Å². The van der Waals surface area contributed by atoms with E-state index in [0.29, 0.717) is 25.7 Å².